The first kappa shape index (κ1) is 14.9. The molecular formula is C17H14ClFO3. The molecule has 114 valence electrons. The van der Waals surface area contributed by atoms with Gasteiger partial charge in [-0.3, -0.25) is 0 Å². The maximum Gasteiger partial charge on any atom is 0.335 e. The van der Waals surface area contributed by atoms with Crippen LogP contribution in [0.4, 0.5) is 4.39 Å². The minimum Gasteiger partial charge on any atom is -0.487 e. The maximum absolute atomic E-state index is 13.5. The van der Waals surface area contributed by atoms with Crippen molar-refractivity contribution in [3.8, 4) is 5.75 Å². The van der Waals surface area contributed by atoms with Crippen LogP contribution in [0.15, 0.2) is 36.4 Å². The quantitative estimate of drug-likeness (QED) is 0.925. The Bertz CT molecular complexity index is 760. The number of aromatic carboxylic acids is 1. The van der Waals surface area contributed by atoms with E-state index in [4.69, 9.17) is 21.4 Å². The molecule has 3 nitrogen and oxygen atoms in total. The van der Waals surface area contributed by atoms with Gasteiger partial charge < -0.3 is 9.84 Å². The van der Waals surface area contributed by atoms with Crippen molar-refractivity contribution in [2.24, 2.45) is 0 Å². The molecule has 0 spiro atoms. The Morgan fingerprint density at radius 1 is 1.41 bits per heavy atom. The third-order valence-corrected chi connectivity index (χ3v) is 4.25. The zero-order chi connectivity index (χ0) is 15.9. The van der Waals surface area contributed by atoms with Gasteiger partial charge in [0.2, 0.25) is 0 Å². The van der Waals surface area contributed by atoms with Gasteiger partial charge in [-0.25, -0.2) is 9.18 Å². The molecule has 1 atom stereocenters. The van der Waals surface area contributed by atoms with E-state index in [2.05, 4.69) is 0 Å². The number of carboxylic acids is 1. The lowest BCUT2D eigenvalue weighted by atomic mass is 9.91. The number of ether oxygens (including phenoxy) is 1. The number of hydrogen-bond acceptors (Lipinski definition) is 2. The zero-order valence-electron chi connectivity index (χ0n) is 11.9. The first-order chi connectivity index (χ1) is 10.4. The lowest BCUT2D eigenvalue weighted by Crippen LogP contribution is -2.33. The second-order valence-corrected chi connectivity index (χ2v) is 6.12. The summed E-state index contributed by atoms with van der Waals surface area (Å²) in [6.07, 6.45) is 0.997. The fourth-order valence-electron chi connectivity index (χ4n) is 2.84. The fourth-order valence-corrected chi connectivity index (χ4v) is 3.03. The molecule has 22 heavy (non-hydrogen) atoms. The van der Waals surface area contributed by atoms with Crippen LogP contribution in [-0.2, 0) is 12.8 Å². The van der Waals surface area contributed by atoms with Gasteiger partial charge in [-0.15, -0.1) is 0 Å². The average Bonchev–Trinajstić information content (AvgIpc) is 2.78. The van der Waals surface area contributed by atoms with Crippen molar-refractivity contribution >= 4 is 17.6 Å². The molecule has 1 aliphatic rings. The van der Waals surface area contributed by atoms with Crippen LogP contribution in [0.2, 0.25) is 5.02 Å². The first-order valence-corrected chi connectivity index (χ1v) is 7.24. The van der Waals surface area contributed by atoms with Crippen molar-refractivity contribution in [2.45, 2.75) is 25.4 Å². The number of carbonyl (C=O) groups is 1. The summed E-state index contributed by atoms with van der Waals surface area (Å²) in [5.74, 6) is -0.754. The Morgan fingerprint density at radius 3 is 2.91 bits per heavy atom. The number of carboxylic acid groups (broad SMARTS) is 1. The molecule has 0 amide bonds. The molecule has 1 aliphatic heterocycles. The summed E-state index contributed by atoms with van der Waals surface area (Å²) in [5, 5.41) is 9.15. The van der Waals surface area contributed by atoms with Crippen LogP contribution < -0.4 is 4.74 Å². The van der Waals surface area contributed by atoms with Crippen molar-refractivity contribution in [3.63, 3.8) is 0 Å². The van der Waals surface area contributed by atoms with E-state index in [-0.39, 0.29) is 10.6 Å². The molecule has 2 aromatic rings. The highest BCUT2D eigenvalue weighted by Gasteiger charge is 2.36. The van der Waals surface area contributed by atoms with Crippen LogP contribution in [0.25, 0.3) is 0 Å². The van der Waals surface area contributed by atoms with Crippen LogP contribution in [0.1, 0.15) is 28.4 Å². The Labute approximate surface area is 132 Å². The van der Waals surface area contributed by atoms with Gasteiger partial charge in [-0.1, -0.05) is 23.7 Å². The second kappa shape index (κ2) is 5.29. The Morgan fingerprint density at radius 2 is 2.18 bits per heavy atom. The van der Waals surface area contributed by atoms with Crippen LogP contribution >= 0.6 is 11.6 Å². The molecule has 2 aromatic carbocycles. The highest BCUT2D eigenvalue weighted by Crippen LogP contribution is 2.38. The van der Waals surface area contributed by atoms with E-state index in [1.165, 1.54) is 12.1 Å². The Balaban J connectivity index is 1.87. The van der Waals surface area contributed by atoms with Gasteiger partial charge in [0, 0.05) is 12.8 Å². The van der Waals surface area contributed by atoms with E-state index in [0.29, 0.717) is 24.2 Å². The molecule has 3 rings (SSSR count). The molecule has 0 radical (unpaired) electrons. The second-order valence-electron chi connectivity index (χ2n) is 5.75. The summed E-state index contributed by atoms with van der Waals surface area (Å²) < 4.78 is 19.5. The van der Waals surface area contributed by atoms with E-state index >= 15 is 0 Å². The van der Waals surface area contributed by atoms with Crippen LogP contribution in [0, 0.1) is 5.82 Å². The molecule has 1 N–H and O–H groups in total. The SMILES string of the molecule is CC1(Cc2cccc(F)c2Cl)Cc2cc(C(=O)O)ccc2O1. The highest BCUT2D eigenvalue weighted by atomic mass is 35.5. The molecule has 0 bridgehead atoms. The van der Waals surface area contributed by atoms with Gasteiger partial charge in [-0.2, -0.15) is 0 Å². The van der Waals surface area contributed by atoms with Gasteiger partial charge in [-0.05, 0) is 42.3 Å². The maximum atomic E-state index is 13.5. The third-order valence-electron chi connectivity index (χ3n) is 3.82. The molecule has 1 heterocycles. The van der Waals surface area contributed by atoms with Crippen molar-refractivity contribution in [3.05, 3.63) is 63.9 Å². The van der Waals surface area contributed by atoms with E-state index in [0.717, 1.165) is 5.56 Å². The molecule has 0 saturated heterocycles. The normalized spacial score (nSPS) is 19.6. The first-order valence-electron chi connectivity index (χ1n) is 6.86. The summed E-state index contributed by atoms with van der Waals surface area (Å²) in [6, 6.07) is 9.50. The molecule has 0 fully saturated rings. The van der Waals surface area contributed by atoms with Crippen molar-refractivity contribution in [1.82, 2.24) is 0 Å². The molecule has 0 saturated carbocycles. The Kier molecular flexibility index (Phi) is 3.57. The molecule has 0 aromatic heterocycles. The van der Waals surface area contributed by atoms with Gasteiger partial charge >= 0.3 is 5.97 Å². The average molecular weight is 321 g/mol. The minimum atomic E-state index is -0.968. The third kappa shape index (κ3) is 2.66. The van der Waals surface area contributed by atoms with Crippen LogP contribution in [-0.4, -0.2) is 16.7 Å². The van der Waals surface area contributed by atoms with Crippen molar-refractivity contribution < 1.29 is 19.0 Å². The number of hydrogen-bond donors (Lipinski definition) is 1. The number of rotatable bonds is 3. The van der Waals surface area contributed by atoms with E-state index in [1.807, 2.05) is 6.92 Å². The topological polar surface area (TPSA) is 46.5 Å². The van der Waals surface area contributed by atoms with Crippen LogP contribution in [0.3, 0.4) is 0 Å². The van der Waals surface area contributed by atoms with Gasteiger partial charge in [0.05, 0.1) is 10.6 Å². The fraction of sp³-hybridized carbons (Fsp3) is 0.235. The lowest BCUT2D eigenvalue weighted by Gasteiger charge is -2.24. The largest absolute Gasteiger partial charge is 0.487 e. The summed E-state index contributed by atoms with van der Waals surface area (Å²) in [4.78, 5) is 11.0. The van der Waals surface area contributed by atoms with E-state index < -0.39 is 17.4 Å². The zero-order valence-corrected chi connectivity index (χ0v) is 12.7. The van der Waals surface area contributed by atoms with Gasteiger partial charge in [0.25, 0.3) is 0 Å². The number of benzene rings is 2. The standard InChI is InChI=1S/C17H14ClFO3/c1-17(8-11-3-2-4-13(19)15(11)18)9-12-7-10(16(20)21)5-6-14(12)22-17/h2-7H,8-9H2,1H3,(H,20,21). The van der Waals surface area contributed by atoms with Crippen molar-refractivity contribution in [2.75, 3.05) is 0 Å². The van der Waals surface area contributed by atoms with Gasteiger partial charge in [0.15, 0.2) is 0 Å². The van der Waals surface area contributed by atoms with Gasteiger partial charge in [0.1, 0.15) is 17.2 Å². The van der Waals surface area contributed by atoms with E-state index in [1.54, 1.807) is 24.3 Å². The molecule has 1 unspecified atom stereocenters. The summed E-state index contributed by atoms with van der Waals surface area (Å²) in [6.45, 7) is 1.91. The van der Waals surface area contributed by atoms with Crippen LogP contribution in [0.5, 0.6) is 5.75 Å². The molecule has 0 aliphatic carbocycles. The smallest absolute Gasteiger partial charge is 0.335 e. The Hall–Kier alpha value is -2.07. The monoisotopic (exact) mass is 320 g/mol. The number of fused-ring (bicyclic) bond motifs is 1. The summed E-state index contributed by atoms with van der Waals surface area (Å²) >= 11 is 6.00. The lowest BCUT2D eigenvalue weighted by molar-refractivity contribution is 0.0696. The highest BCUT2D eigenvalue weighted by molar-refractivity contribution is 6.31. The minimum absolute atomic E-state index is 0.106. The predicted molar refractivity (Wildman–Crippen MR) is 81.3 cm³/mol. The summed E-state index contributed by atoms with van der Waals surface area (Å²) in [7, 11) is 0. The molecule has 5 heteroatoms. The molecular weight excluding hydrogens is 307 g/mol. The van der Waals surface area contributed by atoms with E-state index in [9.17, 15) is 9.18 Å². The predicted octanol–water partition coefficient (Wildman–Crippen LogP) is 4.11. The van der Waals surface area contributed by atoms with Crippen molar-refractivity contribution in [1.29, 1.82) is 0 Å². The number of halogens is 2. The summed E-state index contributed by atoms with van der Waals surface area (Å²) in [5.41, 5.74) is 1.18.